The normalized spacial score (nSPS) is 12.6. The summed E-state index contributed by atoms with van der Waals surface area (Å²) in [5.74, 6) is 1.97. The fraction of sp³-hybridized carbons (Fsp3) is 0.412. The largest absolute Gasteiger partial charge is 0.464 e. The molecule has 0 saturated carbocycles. The quantitative estimate of drug-likeness (QED) is 0.837. The molecular formula is C17H23NO. The topological polar surface area (TPSA) is 25.2 Å². The van der Waals surface area contributed by atoms with Gasteiger partial charge in [0.1, 0.15) is 11.5 Å². The zero-order valence-electron chi connectivity index (χ0n) is 12.1. The Kier molecular flexibility index (Phi) is 4.80. The maximum absolute atomic E-state index is 5.83. The van der Waals surface area contributed by atoms with Crippen molar-refractivity contribution in [3.63, 3.8) is 0 Å². The molecule has 102 valence electrons. The van der Waals surface area contributed by atoms with Crippen molar-refractivity contribution in [3.8, 4) is 0 Å². The molecule has 0 saturated heterocycles. The average Bonchev–Trinajstić information content (AvgIpc) is 2.86. The first-order chi connectivity index (χ1) is 9.26. The Morgan fingerprint density at radius 2 is 1.89 bits per heavy atom. The van der Waals surface area contributed by atoms with Crippen LogP contribution >= 0.6 is 0 Å². The van der Waals surface area contributed by atoms with Crippen molar-refractivity contribution in [3.05, 3.63) is 59.0 Å². The number of rotatable bonds is 6. The first-order valence-corrected chi connectivity index (χ1v) is 7.13. The standard InChI is InChI=1S/C17H23NO/c1-4-12-18-17(16-11-10-13(3)19-16)15-9-7-6-8-14(15)5-2/h6-11,17-18H,4-5,12H2,1-3H3. The molecule has 0 aliphatic heterocycles. The molecule has 1 aromatic carbocycles. The minimum absolute atomic E-state index is 0.157. The second-order valence-electron chi connectivity index (χ2n) is 4.89. The fourth-order valence-corrected chi connectivity index (χ4v) is 2.40. The van der Waals surface area contributed by atoms with Crippen LogP contribution in [0.2, 0.25) is 0 Å². The second-order valence-corrected chi connectivity index (χ2v) is 4.89. The molecule has 0 amide bonds. The average molecular weight is 257 g/mol. The van der Waals surface area contributed by atoms with Gasteiger partial charge in [-0.25, -0.2) is 0 Å². The summed E-state index contributed by atoms with van der Waals surface area (Å²) in [5, 5.41) is 3.60. The molecule has 1 unspecified atom stereocenters. The lowest BCUT2D eigenvalue weighted by molar-refractivity contribution is 0.429. The van der Waals surface area contributed by atoms with Gasteiger partial charge in [0.2, 0.25) is 0 Å². The van der Waals surface area contributed by atoms with Gasteiger partial charge in [0.15, 0.2) is 0 Å². The predicted molar refractivity (Wildman–Crippen MR) is 79.4 cm³/mol. The highest BCUT2D eigenvalue weighted by molar-refractivity contribution is 5.34. The van der Waals surface area contributed by atoms with Gasteiger partial charge in [0.05, 0.1) is 6.04 Å². The molecule has 0 bridgehead atoms. The first-order valence-electron chi connectivity index (χ1n) is 7.13. The third-order valence-electron chi connectivity index (χ3n) is 3.39. The van der Waals surface area contributed by atoms with Gasteiger partial charge in [-0.3, -0.25) is 0 Å². The van der Waals surface area contributed by atoms with Gasteiger partial charge in [0, 0.05) is 0 Å². The van der Waals surface area contributed by atoms with Gasteiger partial charge in [-0.1, -0.05) is 38.1 Å². The zero-order valence-corrected chi connectivity index (χ0v) is 12.1. The Hall–Kier alpha value is -1.54. The van der Waals surface area contributed by atoms with Crippen molar-refractivity contribution in [2.45, 2.75) is 39.7 Å². The summed E-state index contributed by atoms with van der Waals surface area (Å²) >= 11 is 0. The fourth-order valence-electron chi connectivity index (χ4n) is 2.40. The van der Waals surface area contributed by atoms with Crippen LogP contribution in [0, 0.1) is 6.92 Å². The van der Waals surface area contributed by atoms with Crippen LogP contribution in [-0.2, 0) is 6.42 Å². The number of benzene rings is 1. The van der Waals surface area contributed by atoms with E-state index in [9.17, 15) is 0 Å². The predicted octanol–water partition coefficient (Wildman–Crippen LogP) is 4.24. The van der Waals surface area contributed by atoms with Crippen LogP contribution in [0.4, 0.5) is 0 Å². The van der Waals surface area contributed by atoms with E-state index in [2.05, 4.69) is 49.5 Å². The lowest BCUT2D eigenvalue weighted by Gasteiger charge is -2.19. The van der Waals surface area contributed by atoms with E-state index < -0.39 is 0 Å². The first kappa shape index (κ1) is 13.9. The number of hydrogen-bond acceptors (Lipinski definition) is 2. The van der Waals surface area contributed by atoms with Crippen molar-refractivity contribution >= 4 is 0 Å². The van der Waals surface area contributed by atoms with Crippen molar-refractivity contribution in [1.29, 1.82) is 0 Å². The molecule has 1 atom stereocenters. The van der Waals surface area contributed by atoms with Crippen LogP contribution < -0.4 is 5.32 Å². The number of nitrogens with one attached hydrogen (secondary N) is 1. The lowest BCUT2D eigenvalue weighted by Crippen LogP contribution is -2.23. The molecule has 1 heterocycles. The van der Waals surface area contributed by atoms with Crippen LogP contribution in [-0.4, -0.2) is 6.54 Å². The second kappa shape index (κ2) is 6.58. The number of hydrogen-bond donors (Lipinski definition) is 1. The summed E-state index contributed by atoms with van der Waals surface area (Å²) < 4.78 is 5.83. The van der Waals surface area contributed by atoms with Crippen molar-refractivity contribution in [1.82, 2.24) is 5.32 Å². The monoisotopic (exact) mass is 257 g/mol. The third-order valence-corrected chi connectivity index (χ3v) is 3.39. The molecule has 0 aliphatic rings. The Balaban J connectivity index is 2.36. The van der Waals surface area contributed by atoms with Gasteiger partial charge in [-0.05, 0) is 49.6 Å². The Morgan fingerprint density at radius 1 is 1.11 bits per heavy atom. The summed E-state index contributed by atoms with van der Waals surface area (Å²) in [6, 6.07) is 12.9. The molecule has 1 aromatic heterocycles. The van der Waals surface area contributed by atoms with E-state index in [1.54, 1.807) is 0 Å². The third kappa shape index (κ3) is 3.27. The molecule has 2 nitrogen and oxygen atoms in total. The Morgan fingerprint density at radius 3 is 2.53 bits per heavy atom. The van der Waals surface area contributed by atoms with E-state index in [1.165, 1.54) is 11.1 Å². The summed E-state index contributed by atoms with van der Waals surface area (Å²) in [5.41, 5.74) is 2.71. The summed E-state index contributed by atoms with van der Waals surface area (Å²) in [7, 11) is 0. The highest BCUT2D eigenvalue weighted by Gasteiger charge is 2.18. The molecule has 19 heavy (non-hydrogen) atoms. The molecule has 2 aromatic rings. The minimum atomic E-state index is 0.157. The van der Waals surface area contributed by atoms with Gasteiger partial charge in [-0.2, -0.15) is 0 Å². The smallest absolute Gasteiger partial charge is 0.125 e. The molecule has 0 aliphatic carbocycles. The van der Waals surface area contributed by atoms with E-state index in [4.69, 9.17) is 4.42 Å². The van der Waals surface area contributed by atoms with Gasteiger partial charge in [-0.15, -0.1) is 0 Å². The van der Waals surface area contributed by atoms with Gasteiger partial charge < -0.3 is 9.73 Å². The van der Waals surface area contributed by atoms with E-state index in [0.717, 1.165) is 30.9 Å². The van der Waals surface area contributed by atoms with Crippen LogP contribution in [0.25, 0.3) is 0 Å². The van der Waals surface area contributed by atoms with Crippen LogP contribution in [0.15, 0.2) is 40.8 Å². The maximum Gasteiger partial charge on any atom is 0.125 e. The number of furan rings is 1. The molecule has 0 fully saturated rings. The summed E-state index contributed by atoms with van der Waals surface area (Å²) in [6.07, 6.45) is 2.16. The van der Waals surface area contributed by atoms with E-state index in [1.807, 2.05) is 13.0 Å². The molecule has 2 rings (SSSR count). The van der Waals surface area contributed by atoms with Crippen LogP contribution in [0.5, 0.6) is 0 Å². The Bertz CT molecular complexity index is 515. The number of aryl methyl sites for hydroxylation is 2. The van der Waals surface area contributed by atoms with Crippen LogP contribution in [0.3, 0.4) is 0 Å². The molecule has 0 radical (unpaired) electrons. The van der Waals surface area contributed by atoms with Crippen molar-refractivity contribution in [2.75, 3.05) is 6.54 Å². The van der Waals surface area contributed by atoms with E-state index in [-0.39, 0.29) is 6.04 Å². The SMILES string of the molecule is CCCNC(c1ccc(C)o1)c1ccccc1CC. The molecule has 0 spiro atoms. The summed E-state index contributed by atoms with van der Waals surface area (Å²) in [6.45, 7) is 7.36. The molecule has 1 N–H and O–H groups in total. The van der Waals surface area contributed by atoms with Crippen molar-refractivity contribution in [2.24, 2.45) is 0 Å². The zero-order chi connectivity index (χ0) is 13.7. The molecular weight excluding hydrogens is 234 g/mol. The van der Waals surface area contributed by atoms with Gasteiger partial charge >= 0.3 is 0 Å². The molecule has 2 heteroatoms. The van der Waals surface area contributed by atoms with E-state index in [0.29, 0.717) is 0 Å². The highest BCUT2D eigenvalue weighted by Crippen LogP contribution is 2.27. The Labute approximate surface area is 115 Å². The lowest BCUT2D eigenvalue weighted by atomic mass is 9.97. The highest BCUT2D eigenvalue weighted by atomic mass is 16.3. The minimum Gasteiger partial charge on any atom is -0.464 e. The van der Waals surface area contributed by atoms with Gasteiger partial charge in [0.25, 0.3) is 0 Å². The van der Waals surface area contributed by atoms with Crippen molar-refractivity contribution < 1.29 is 4.42 Å². The van der Waals surface area contributed by atoms with Crippen LogP contribution in [0.1, 0.15) is 49.0 Å². The maximum atomic E-state index is 5.83. The van der Waals surface area contributed by atoms with E-state index >= 15 is 0 Å². The summed E-state index contributed by atoms with van der Waals surface area (Å²) in [4.78, 5) is 0.